The van der Waals surface area contributed by atoms with E-state index in [1.54, 1.807) is 28.7 Å². The van der Waals surface area contributed by atoms with E-state index < -0.39 is 10.0 Å². The van der Waals surface area contributed by atoms with E-state index in [4.69, 9.17) is 10.00 Å². The van der Waals surface area contributed by atoms with Crippen molar-refractivity contribution in [3.63, 3.8) is 0 Å². The van der Waals surface area contributed by atoms with Gasteiger partial charge in [0.1, 0.15) is 5.75 Å². The number of nitriles is 1. The van der Waals surface area contributed by atoms with E-state index >= 15 is 0 Å². The lowest BCUT2D eigenvalue weighted by molar-refractivity contribution is 0.321. The van der Waals surface area contributed by atoms with Crippen LogP contribution in [-0.2, 0) is 10.0 Å². The van der Waals surface area contributed by atoms with Gasteiger partial charge >= 0.3 is 0 Å². The number of nitrogens with one attached hydrogen (secondary N) is 1. The van der Waals surface area contributed by atoms with E-state index in [-0.39, 0.29) is 0 Å². The molecular formula is C25H27N5O3S. The van der Waals surface area contributed by atoms with E-state index in [9.17, 15) is 8.42 Å². The highest BCUT2D eigenvalue weighted by molar-refractivity contribution is 7.88. The quantitative estimate of drug-likeness (QED) is 0.551. The maximum atomic E-state index is 11.7. The number of benzene rings is 2. The molecule has 0 spiro atoms. The molecule has 2 aromatic carbocycles. The normalized spacial score (nSPS) is 15.0. The maximum absolute atomic E-state index is 11.7. The molecule has 1 saturated heterocycles. The zero-order valence-corrected chi connectivity index (χ0v) is 20.3. The Labute approximate surface area is 200 Å². The van der Waals surface area contributed by atoms with Crippen molar-refractivity contribution in [1.82, 2.24) is 14.3 Å². The molecule has 0 atom stereocenters. The van der Waals surface area contributed by atoms with E-state index in [1.165, 1.54) is 11.8 Å². The first-order chi connectivity index (χ1) is 16.2. The van der Waals surface area contributed by atoms with Gasteiger partial charge in [-0.1, -0.05) is 12.1 Å². The second kappa shape index (κ2) is 9.79. The van der Waals surface area contributed by atoms with Gasteiger partial charge in [0.25, 0.3) is 0 Å². The van der Waals surface area contributed by atoms with Crippen molar-refractivity contribution in [2.24, 2.45) is 0 Å². The van der Waals surface area contributed by atoms with E-state index in [2.05, 4.69) is 33.5 Å². The summed E-state index contributed by atoms with van der Waals surface area (Å²) < 4.78 is 31.0. The summed E-state index contributed by atoms with van der Waals surface area (Å²) in [5, 5.41) is 12.3. The van der Waals surface area contributed by atoms with Gasteiger partial charge in [0.15, 0.2) is 0 Å². The van der Waals surface area contributed by atoms with Crippen LogP contribution >= 0.6 is 0 Å². The highest BCUT2D eigenvalue weighted by Crippen LogP contribution is 2.31. The van der Waals surface area contributed by atoms with Crippen LogP contribution in [0.2, 0.25) is 0 Å². The molecule has 0 unspecified atom stereocenters. The minimum Gasteiger partial charge on any atom is -0.438 e. The number of hydrogen-bond donors (Lipinski definition) is 1. The first kappa shape index (κ1) is 23.7. The zero-order chi connectivity index (χ0) is 24.3. The molecule has 1 N–H and O–H groups in total. The molecule has 0 saturated carbocycles. The summed E-state index contributed by atoms with van der Waals surface area (Å²) >= 11 is 0. The monoisotopic (exact) mass is 477 g/mol. The molecule has 0 aliphatic carbocycles. The van der Waals surface area contributed by atoms with Gasteiger partial charge in [0.2, 0.25) is 21.9 Å². The average Bonchev–Trinajstić information content (AvgIpc) is 2.81. The number of rotatable bonds is 6. The van der Waals surface area contributed by atoms with Gasteiger partial charge in [-0.3, -0.25) is 0 Å². The Balaban J connectivity index is 1.42. The molecule has 1 aliphatic rings. The number of ether oxygens (including phenoxy) is 1. The topological polar surface area (TPSA) is 108 Å². The summed E-state index contributed by atoms with van der Waals surface area (Å²) in [6.07, 6.45) is 4.53. The van der Waals surface area contributed by atoms with E-state index in [0.29, 0.717) is 42.1 Å². The van der Waals surface area contributed by atoms with Gasteiger partial charge in [0, 0.05) is 31.0 Å². The van der Waals surface area contributed by atoms with Crippen LogP contribution in [0, 0.1) is 25.2 Å². The van der Waals surface area contributed by atoms with Gasteiger partial charge in [-0.15, -0.1) is 0 Å². The highest BCUT2D eigenvalue weighted by Gasteiger charge is 2.25. The smallest absolute Gasteiger partial charge is 0.230 e. The van der Waals surface area contributed by atoms with Crippen LogP contribution in [0.15, 0.2) is 48.7 Å². The van der Waals surface area contributed by atoms with Crippen molar-refractivity contribution in [2.75, 3.05) is 24.7 Å². The first-order valence-corrected chi connectivity index (χ1v) is 12.9. The molecule has 1 fully saturated rings. The van der Waals surface area contributed by atoms with Crippen LogP contribution in [0.3, 0.4) is 0 Å². The van der Waals surface area contributed by atoms with Gasteiger partial charge in [-0.25, -0.2) is 17.7 Å². The van der Waals surface area contributed by atoms with Gasteiger partial charge in [-0.2, -0.15) is 10.2 Å². The summed E-state index contributed by atoms with van der Waals surface area (Å²) in [6, 6.07) is 15.5. The molecule has 0 radical (unpaired) electrons. The first-order valence-electron chi connectivity index (χ1n) is 11.1. The second-order valence-electron chi connectivity index (χ2n) is 8.55. The lowest BCUT2D eigenvalue weighted by atomic mass is 9.90. The summed E-state index contributed by atoms with van der Waals surface area (Å²) in [7, 11) is -3.12. The summed E-state index contributed by atoms with van der Waals surface area (Å²) in [6.45, 7) is 4.91. The molecule has 8 nitrogen and oxygen atoms in total. The molecule has 1 aliphatic heterocycles. The summed E-state index contributed by atoms with van der Waals surface area (Å²) in [5.74, 6) is 1.84. The molecule has 3 aromatic rings. The Morgan fingerprint density at radius 3 is 2.32 bits per heavy atom. The number of nitrogens with zero attached hydrogens (tertiary/aromatic N) is 4. The van der Waals surface area contributed by atoms with Crippen molar-refractivity contribution >= 4 is 21.7 Å². The molecule has 9 heteroatoms. The minimum atomic E-state index is -3.12. The summed E-state index contributed by atoms with van der Waals surface area (Å²) in [5.41, 5.74) is 4.37. The Bertz CT molecular complexity index is 1300. The third kappa shape index (κ3) is 5.53. The van der Waals surface area contributed by atoms with Crippen molar-refractivity contribution in [3.05, 3.63) is 70.9 Å². The molecule has 34 heavy (non-hydrogen) atoms. The van der Waals surface area contributed by atoms with Crippen molar-refractivity contribution in [1.29, 1.82) is 5.26 Å². The zero-order valence-electron chi connectivity index (χ0n) is 19.4. The number of hydrogen-bond acceptors (Lipinski definition) is 7. The molecule has 0 amide bonds. The predicted octanol–water partition coefficient (Wildman–Crippen LogP) is 4.64. The van der Waals surface area contributed by atoms with E-state index in [0.717, 1.165) is 29.7 Å². The molecule has 4 rings (SSSR count). The third-order valence-electron chi connectivity index (χ3n) is 5.99. The standard InChI is InChI=1S/C25H27N5O3S/c1-17-14-19(16-26)15-18(2)24(17)33-23-8-11-27-25(29-23)28-22-6-4-20(5-7-22)21-9-12-30(13-10-21)34(3,31)32/h4-8,11,14-15,21H,9-10,12-13H2,1-3H3,(H,27,28,29). The molecule has 2 heterocycles. The minimum absolute atomic E-state index is 0.346. The Morgan fingerprint density at radius 2 is 1.74 bits per heavy atom. The molecule has 0 bridgehead atoms. The van der Waals surface area contributed by atoms with Crippen LogP contribution < -0.4 is 10.1 Å². The van der Waals surface area contributed by atoms with Crippen LogP contribution in [0.4, 0.5) is 11.6 Å². The van der Waals surface area contributed by atoms with Gasteiger partial charge < -0.3 is 10.1 Å². The van der Waals surface area contributed by atoms with E-state index in [1.807, 2.05) is 26.0 Å². The van der Waals surface area contributed by atoms with Gasteiger partial charge in [-0.05, 0) is 73.6 Å². The maximum Gasteiger partial charge on any atom is 0.230 e. The van der Waals surface area contributed by atoms with Gasteiger partial charge in [0.05, 0.1) is 17.9 Å². The largest absolute Gasteiger partial charge is 0.438 e. The number of aryl methyl sites for hydroxylation is 2. The number of sulfonamides is 1. The molecular weight excluding hydrogens is 450 g/mol. The fourth-order valence-corrected chi connectivity index (χ4v) is 5.10. The fourth-order valence-electron chi connectivity index (χ4n) is 4.23. The molecule has 1 aromatic heterocycles. The number of piperidine rings is 1. The number of aromatic nitrogens is 2. The Morgan fingerprint density at radius 1 is 1.09 bits per heavy atom. The number of anilines is 2. The van der Waals surface area contributed by atoms with Crippen molar-refractivity contribution < 1.29 is 13.2 Å². The van der Waals surface area contributed by atoms with Crippen LogP contribution in [0.25, 0.3) is 0 Å². The molecule has 176 valence electrons. The van der Waals surface area contributed by atoms with Crippen molar-refractivity contribution in [3.8, 4) is 17.7 Å². The van der Waals surface area contributed by atoms with Crippen LogP contribution in [0.1, 0.15) is 41.0 Å². The van der Waals surface area contributed by atoms with Crippen LogP contribution in [-0.4, -0.2) is 42.0 Å². The SMILES string of the molecule is Cc1cc(C#N)cc(C)c1Oc1ccnc(Nc2ccc(C3CCN(S(C)(=O)=O)CC3)cc2)n1. The summed E-state index contributed by atoms with van der Waals surface area (Å²) in [4.78, 5) is 8.74. The lowest BCUT2D eigenvalue weighted by Gasteiger charge is -2.30. The highest BCUT2D eigenvalue weighted by atomic mass is 32.2. The fraction of sp³-hybridized carbons (Fsp3) is 0.320. The Kier molecular flexibility index (Phi) is 6.82. The Hall–Kier alpha value is -3.48. The second-order valence-corrected chi connectivity index (χ2v) is 10.5. The van der Waals surface area contributed by atoms with Crippen molar-refractivity contribution in [2.45, 2.75) is 32.6 Å². The average molecular weight is 478 g/mol. The third-order valence-corrected chi connectivity index (χ3v) is 7.29. The predicted molar refractivity (Wildman–Crippen MR) is 131 cm³/mol. The van der Waals surface area contributed by atoms with Crippen LogP contribution in [0.5, 0.6) is 11.6 Å². The lowest BCUT2D eigenvalue weighted by Crippen LogP contribution is -2.37.